The molecule has 1 aromatic carbocycles. The molecule has 0 radical (unpaired) electrons. The van der Waals surface area contributed by atoms with Crippen molar-refractivity contribution in [3.8, 4) is 0 Å². The molecular formula is C16H23Cl2FN2. The molecule has 0 amide bonds. The molecule has 0 bridgehead atoms. The Hall–Kier alpha value is -0.510. The van der Waals surface area contributed by atoms with E-state index in [9.17, 15) is 4.39 Å². The molecule has 1 heterocycles. The van der Waals surface area contributed by atoms with E-state index in [-0.39, 0.29) is 0 Å². The van der Waals surface area contributed by atoms with Gasteiger partial charge < -0.3 is 10.2 Å². The molecule has 118 valence electrons. The zero-order valence-electron chi connectivity index (χ0n) is 12.8. The van der Waals surface area contributed by atoms with Crippen molar-refractivity contribution in [3.63, 3.8) is 0 Å². The topological polar surface area (TPSA) is 15.3 Å². The van der Waals surface area contributed by atoms with Gasteiger partial charge in [0.15, 0.2) is 0 Å². The lowest BCUT2D eigenvalue weighted by Gasteiger charge is -2.45. The van der Waals surface area contributed by atoms with Gasteiger partial charge in [-0.3, -0.25) is 0 Å². The van der Waals surface area contributed by atoms with E-state index in [1.165, 1.54) is 12.1 Å². The highest BCUT2D eigenvalue weighted by atomic mass is 35.5. The summed E-state index contributed by atoms with van der Waals surface area (Å²) in [6.45, 7) is 8.52. The van der Waals surface area contributed by atoms with Gasteiger partial charge in [0.1, 0.15) is 5.82 Å². The third-order valence-corrected chi connectivity index (χ3v) is 5.07. The number of rotatable bonds is 4. The lowest BCUT2D eigenvalue weighted by molar-refractivity contribution is 0.271. The maximum Gasteiger partial charge on any atom is 0.126 e. The van der Waals surface area contributed by atoms with Crippen molar-refractivity contribution in [1.82, 2.24) is 5.32 Å². The van der Waals surface area contributed by atoms with E-state index in [1.54, 1.807) is 0 Å². The SMILES string of the molecule is CCCNC1CCN(c2c(Cl)cc(F)cc2Cl)C(C)C1C. The summed E-state index contributed by atoms with van der Waals surface area (Å²) < 4.78 is 13.4. The smallest absolute Gasteiger partial charge is 0.126 e. The molecule has 3 unspecified atom stereocenters. The average molecular weight is 333 g/mol. The Bertz CT molecular complexity index is 472. The molecule has 1 saturated heterocycles. The summed E-state index contributed by atoms with van der Waals surface area (Å²) in [4.78, 5) is 2.21. The number of halogens is 3. The fourth-order valence-corrected chi connectivity index (χ4v) is 3.78. The van der Waals surface area contributed by atoms with E-state index in [2.05, 4.69) is 31.0 Å². The van der Waals surface area contributed by atoms with Gasteiger partial charge in [0.25, 0.3) is 0 Å². The standard InChI is InChI=1S/C16H23Cl2FN2/c1-4-6-20-15-5-7-21(11(3)10(15)2)16-13(17)8-12(19)9-14(16)18/h8-11,15,20H,4-7H2,1-3H3. The van der Waals surface area contributed by atoms with Crippen molar-refractivity contribution in [1.29, 1.82) is 0 Å². The minimum atomic E-state index is -0.394. The van der Waals surface area contributed by atoms with Gasteiger partial charge in [-0.1, -0.05) is 37.0 Å². The first-order valence-corrected chi connectivity index (χ1v) is 8.35. The summed E-state index contributed by atoms with van der Waals surface area (Å²) in [6.07, 6.45) is 2.17. The minimum Gasteiger partial charge on any atom is -0.366 e. The molecule has 0 spiro atoms. The fraction of sp³-hybridized carbons (Fsp3) is 0.625. The van der Waals surface area contributed by atoms with Crippen LogP contribution in [0, 0.1) is 11.7 Å². The van der Waals surface area contributed by atoms with E-state index in [0.29, 0.717) is 28.0 Å². The van der Waals surface area contributed by atoms with E-state index in [1.807, 2.05) is 0 Å². The molecule has 1 aliphatic heterocycles. The van der Waals surface area contributed by atoms with E-state index < -0.39 is 5.82 Å². The van der Waals surface area contributed by atoms with Crippen molar-refractivity contribution in [2.24, 2.45) is 5.92 Å². The predicted molar refractivity (Wildman–Crippen MR) is 89.1 cm³/mol. The first-order valence-electron chi connectivity index (χ1n) is 7.60. The zero-order valence-corrected chi connectivity index (χ0v) is 14.3. The van der Waals surface area contributed by atoms with Crippen LogP contribution in [0.3, 0.4) is 0 Å². The second-order valence-electron chi connectivity index (χ2n) is 5.86. The summed E-state index contributed by atoms with van der Waals surface area (Å²) in [5.41, 5.74) is 0.757. The molecule has 1 N–H and O–H groups in total. The number of hydrogen-bond acceptors (Lipinski definition) is 2. The van der Waals surface area contributed by atoms with Crippen molar-refractivity contribution >= 4 is 28.9 Å². The number of anilines is 1. The summed E-state index contributed by atoms with van der Waals surface area (Å²) >= 11 is 12.4. The molecule has 1 aliphatic rings. The number of nitrogens with zero attached hydrogens (tertiary/aromatic N) is 1. The highest BCUT2D eigenvalue weighted by molar-refractivity contribution is 6.39. The lowest BCUT2D eigenvalue weighted by atomic mass is 9.86. The lowest BCUT2D eigenvalue weighted by Crippen LogP contribution is -2.53. The number of benzene rings is 1. The van der Waals surface area contributed by atoms with Crippen LogP contribution in [0.4, 0.5) is 10.1 Å². The molecule has 5 heteroatoms. The maximum absolute atomic E-state index is 13.4. The first-order chi connectivity index (χ1) is 9.95. The molecule has 2 rings (SSSR count). The molecule has 0 aliphatic carbocycles. The van der Waals surface area contributed by atoms with E-state index >= 15 is 0 Å². The quantitative estimate of drug-likeness (QED) is 0.856. The molecule has 1 fully saturated rings. The van der Waals surface area contributed by atoms with Crippen LogP contribution in [-0.2, 0) is 0 Å². The number of hydrogen-bond donors (Lipinski definition) is 1. The summed E-state index contributed by atoms with van der Waals surface area (Å²) in [7, 11) is 0. The molecule has 0 saturated carbocycles. The Morgan fingerprint density at radius 3 is 2.48 bits per heavy atom. The van der Waals surface area contributed by atoms with Gasteiger partial charge in [0, 0.05) is 18.6 Å². The van der Waals surface area contributed by atoms with Gasteiger partial charge in [-0.2, -0.15) is 0 Å². The molecule has 0 aromatic heterocycles. The van der Waals surface area contributed by atoms with Gasteiger partial charge in [0.2, 0.25) is 0 Å². The van der Waals surface area contributed by atoms with Gasteiger partial charge in [-0.05, 0) is 44.4 Å². The Balaban J connectivity index is 2.20. The van der Waals surface area contributed by atoms with Crippen molar-refractivity contribution in [2.45, 2.75) is 45.7 Å². The Morgan fingerprint density at radius 2 is 1.90 bits per heavy atom. The molecule has 21 heavy (non-hydrogen) atoms. The summed E-state index contributed by atoms with van der Waals surface area (Å²) in [5.74, 6) is 0.0800. The van der Waals surface area contributed by atoms with Crippen LogP contribution in [0.25, 0.3) is 0 Å². The Labute approximate surface area is 136 Å². The molecule has 3 atom stereocenters. The Kier molecular flexibility index (Phi) is 5.75. The van der Waals surface area contributed by atoms with Crippen LogP contribution >= 0.6 is 23.2 Å². The molecular weight excluding hydrogens is 310 g/mol. The minimum absolute atomic E-state index is 0.300. The highest BCUT2D eigenvalue weighted by Gasteiger charge is 2.33. The van der Waals surface area contributed by atoms with E-state index in [0.717, 1.165) is 31.6 Å². The largest absolute Gasteiger partial charge is 0.366 e. The molecule has 2 nitrogen and oxygen atoms in total. The van der Waals surface area contributed by atoms with Crippen molar-refractivity contribution < 1.29 is 4.39 Å². The number of piperidine rings is 1. The van der Waals surface area contributed by atoms with Crippen molar-refractivity contribution in [3.05, 3.63) is 28.0 Å². The normalized spacial score (nSPS) is 26.2. The van der Waals surface area contributed by atoms with Crippen molar-refractivity contribution in [2.75, 3.05) is 18.0 Å². The average Bonchev–Trinajstić information content (AvgIpc) is 2.41. The highest BCUT2D eigenvalue weighted by Crippen LogP contribution is 2.39. The van der Waals surface area contributed by atoms with Crippen LogP contribution in [0.2, 0.25) is 10.0 Å². The second kappa shape index (κ2) is 7.17. The van der Waals surface area contributed by atoms with Crippen LogP contribution in [0.1, 0.15) is 33.6 Å². The molecule has 1 aromatic rings. The third kappa shape index (κ3) is 3.64. The zero-order chi connectivity index (χ0) is 15.6. The van der Waals surface area contributed by atoms with Crippen LogP contribution in [0.15, 0.2) is 12.1 Å². The van der Waals surface area contributed by atoms with Gasteiger partial charge >= 0.3 is 0 Å². The third-order valence-electron chi connectivity index (χ3n) is 4.49. The second-order valence-corrected chi connectivity index (χ2v) is 6.67. The predicted octanol–water partition coefficient (Wildman–Crippen LogP) is 4.74. The van der Waals surface area contributed by atoms with Crippen LogP contribution in [0.5, 0.6) is 0 Å². The summed E-state index contributed by atoms with van der Waals surface area (Å²) in [6, 6.07) is 3.48. The Morgan fingerprint density at radius 1 is 1.29 bits per heavy atom. The fourth-order valence-electron chi connectivity index (χ4n) is 3.11. The van der Waals surface area contributed by atoms with Gasteiger partial charge in [-0.25, -0.2) is 4.39 Å². The van der Waals surface area contributed by atoms with Crippen LogP contribution in [-0.4, -0.2) is 25.2 Å². The maximum atomic E-state index is 13.4. The van der Waals surface area contributed by atoms with Crippen LogP contribution < -0.4 is 10.2 Å². The summed E-state index contributed by atoms with van der Waals surface area (Å²) in [5, 5.41) is 4.39. The van der Waals surface area contributed by atoms with Gasteiger partial charge in [0.05, 0.1) is 15.7 Å². The monoisotopic (exact) mass is 332 g/mol. The van der Waals surface area contributed by atoms with Gasteiger partial charge in [-0.15, -0.1) is 0 Å². The first kappa shape index (κ1) is 16.9. The number of nitrogens with one attached hydrogen (secondary N) is 1. The van der Waals surface area contributed by atoms with E-state index in [4.69, 9.17) is 23.2 Å².